The van der Waals surface area contributed by atoms with Crippen LogP contribution in [0.3, 0.4) is 0 Å². The van der Waals surface area contributed by atoms with E-state index in [1.165, 1.54) is 0 Å². The molecule has 1 aliphatic rings. The van der Waals surface area contributed by atoms with Gasteiger partial charge in [-0.05, 0) is 19.4 Å². The molecule has 3 N–H and O–H groups in total. The third-order valence-electron chi connectivity index (χ3n) is 2.43. The van der Waals surface area contributed by atoms with Crippen molar-refractivity contribution >= 4 is 11.6 Å². The first kappa shape index (κ1) is 9.21. The van der Waals surface area contributed by atoms with Gasteiger partial charge in [-0.1, -0.05) is 0 Å². The van der Waals surface area contributed by atoms with Crippen LogP contribution in [0.1, 0.15) is 12.8 Å². The summed E-state index contributed by atoms with van der Waals surface area (Å²) in [6.07, 6.45) is 5.32. The number of piperidine rings is 1. The summed E-state index contributed by atoms with van der Waals surface area (Å²) in [6.45, 7) is 1.80. The molecule has 2 heterocycles. The number of nitrogens with zero attached hydrogens (tertiary/aromatic N) is 1. The van der Waals surface area contributed by atoms with Crippen LogP contribution < -0.4 is 10.6 Å². The van der Waals surface area contributed by atoms with Crippen LogP contribution in [0.4, 0.5) is 5.69 Å². The van der Waals surface area contributed by atoms with E-state index in [1.807, 2.05) is 0 Å². The number of aromatic nitrogens is 2. The molecule has 0 radical (unpaired) electrons. The highest BCUT2D eigenvalue weighted by Crippen LogP contribution is 2.12. The average Bonchev–Trinajstić information content (AvgIpc) is 2.72. The van der Waals surface area contributed by atoms with Crippen molar-refractivity contribution in [3.8, 4) is 0 Å². The van der Waals surface area contributed by atoms with Gasteiger partial charge in [-0.2, -0.15) is 5.10 Å². The largest absolute Gasteiger partial charge is 0.323 e. The molecule has 1 saturated heterocycles. The minimum absolute atomic E-state index is 0.0820. The fourth-order valence-corrected chi connectivity index (χ4v) is 1.64. The van der Waals surface area contributed by atoms with E-state index < -0.39 is 0 Å². The maximum atomic E-state index is 11.7. The Morgan fingerprint density at radius 3 is 3.21 bits per heavy atom. The summed E-state index contributed by atoms with van der Waals surface area (Å²) < 4.78 is 0. The van der Waals surface area contributed by atoms with Crippen molar-refractivity contribution in [3.05, 3.63) is 12.4 Å². The average molecular weight is 194 g/mol. The van der Waals surface area contributed by atoms with Gasteiger partial charge >= 0.3 is 0 Å². The number of carbonyl (C=O) groups is 1. The molecule has 0 bridgehead atoms. The minimum Gasteiger partial charge on any atom is -0.323 e. The van der Waals surface area contributed by atoms with Gasteiger partial charge in [0.05, 0.1) is 17.8 Å². The van der Waals surface area contributed by atoms with Crippen LogP contribution in [0.2, 0.25) is 0 Å². The second-order valence-electron chi connectivity index (χ2n) is 3.52. The number of hydrogen-bond acceptors (Lipinski definition) is 3. The molecule has 1 amide bonds. The Morgan fingerprint density at radius 1 is 1.64 bits per heavy atom. The number of carbonyl (C=O) groups excluding carboxylic acids is 1. The van der Waals surface area contributed by atoms with E-state index in [0.717, 1.165) is 31.6 Å². The lowest BCUT2D eigenvalue weighted by Gasteiger charge is -2.21. The van der Waals surface area contributed by atoms with Crippen molar-refractivity contribution in [2.24, 2.45) is 5.92 Å². The molecule has 0 aliphatic carbocycles. The molecule has 0 unspecified atom stereocenters. The van der Waals surface area contributed by atoms with E-state index in [4.69, 9.17) is 0 Å². The van der Waals surface area contributed by atoms with Gasteiger partial charge in [0, 0.05) is 12.7 Å². The van der Waals surface area contributed by atoms with Crippen LogP contribution in [0, 0.1) is 5.92 Å². The molecule has 1 aromatic rings. The number of H-pyrrole nitrogens is 1. The zero-order valence-electron chi connectivity index (χ0n) is 7.92. The molecular formula is C9H14N4O. The van der Waals surface area contributed by atoms with Crippen molar-refractivity contribution in [2.75, 3.05) is 18.4 Å². The second-order valence-corrected chi connectivity index (χ2v) is 3.52. The molecule has 14 heavy (non-hydrogen) atoms. The van der Waals surface area contributed by atoms with Crippen LogP contribution in [0.25, 0.3) is 0 Å². The molecule has 0 aromatic carbocycles. The number of rotatable bonds is 2. The number of aromatic amines is 1. The number of hydrogen-bond donors (Lipinski definition) is 3. The Kier molecular flexibility index (Phi) is 2.78. The Morgan fingerprint density at radius 2 is 2.57 bits per heavy atom. The van der Waals surface area contributed by atoms with Crippen molar-refractivity contribution in [1.29, 1.82) is 0 Å². The molecule has 5 heteroatoms. The Balaban J connectivity index is 1.88. The van der Waals surface area contributed by atoms with Gasteiger partial charge in [0.25, 0.3) is 0 Å². The summed E-state index contributed by atoms with van der Waals surface area (Å²) in [5, 5.41) is 12.5. The van der Waals surface area contributed by atoms with E-state index in [0.29, 0.717) is 0 Å². The summed E-state index contributed by atoms with van der Waals surface area (Å²) >= 11 is 0. The fourth-order valence-electron chi connectivity index (χ4n) is 1.64. The summed E-state index contributed by atoms with van der Waals surface area (Å²) in [6, 6.07) is 0. The molecular weight excluding hydrogens is 180 g/mol. The SMILES string of the molecule is O=C(Nc1cn[nH]c1)[C@@H]1CCCNC1. The third kappa shape index (κ3) is 2.11. The first-order valence-electron chi connectivity index (χ1n) is 4.86. The maximum absolute atomic E-state index is 11.7. The van der Waals surface area contributed by atoms with Crippen molar-refractivity contribution < 1.29 is 4.79 Å². The van der Waals surface area contributed by atoms with E-state index in [2.05, 4.69) is 20.8 Å². The van der Waals surface area contributed by atoms with Gasteiger partial charge in [-0.25, -0.2) is 0 Å². The van der Waals surface area contributed by atoms with E-state index in [1.54, 1.807) is 12.4 Å². The van der Waals surface area contributed by atoms with Crippen LogP contribution in [-0.2, 0) is 4.79 Å². The van der Waals surface area contributed by atoms with Gasteiger partial charge in [0.15, 0.2) is 0 Å². The predicted molar refractivity (Wildman–Crippen MR) is 52.8 cm³/mol. The molecule has 5 nitrogen and oxygen atoms in total. The second kappa shape index (κ2) is 4.23. The van der Waals surface area contributed by atoms with Crippen molar-refractivity contribution in [1.82, 2.24) is 15.5 Å². The summed E-state index contributed by atoms with van der Waals surface area (Å²) in [5.74, 6) is 0.178. The van der Waals surface area contributed by atoms with Crippen LogP contribution in [-0.4, -0.2) is 29.2 Å². The Hall–Kier alpha value is -1.36. The van der Waals surface area contributed by atoms with E-state index >= 15 is 0 Å². The monoisotopic (exact) mass is 194 g/mol. The number of anilines is 1. The highest BCUT2D eigenvalue weighted by Gasteiger charge is 2.20. The van der Waals surface area contributed by atoms with Gasteiger partial charge in [0.2, 0.25) is 5.91 Å². The smallest absolute Gasteiger partial charge is 0.228 e. The summed E-state index contributed by atoms with van der Waals surface area (Å²) in [4.78, 5) is 11.7. The van der Waals surface area contributed by atoms with Gasteiger partial charge < -0.3 is 10.6 Å². The van der Waals surface area contributed by atoms with Gasteiger partial charge in [0.1, 0.15) is 0 Å². The van der Waals surface area contributed by atoms with E-state index in [9.17, 15) is 4.79 Å². The lowest BCUT2D eigenvalue weighted by atomic mass is 9.99. The van der Waals surface area contributed by atoms with Crippen LogP contribution >= 0.6 is 0 Å². The zero-order valence-corrected chi connectivity index (χ0v) is 7.92. The van der Waals surface area contributed by atoms with Crippen molar-refractivity contribution in [3.63, 3.8) is 0 Å². The maximum Gasteiger partial charge on any atom is 0.228 e. The standard InChI is InChI=1S/C9H14N4O/c14-9(7-2-1-3-10-4-7)13-8-5-11-12-6-8/h5-7,10H,1-4H2,(H,11,12)(H,13,14)/t7-/m1/s1. The molecule has 0 spiro atoms. The number of amides is 1. The van der Waals surface area contributed by atoms with Crippen LogP contribution in [0.5, 0.6) is 0 Å². The lowest BCUT2D eigenvalue weighted by Crippen LogP contribution is -2.37. The molecule has 76 valence electrons. The lowest BCUT2D eigenvalue weighted by molar-refractivity contribution is -0.120. The Labute approximate surface area is 82.3 Å². The Bertz CT molecular complexity index is 290. The highest BCUT2D eigenvalue weighted by molar-refractivity contribution is 5.92. The van der Waals surface area contributed by atoms with Gasteiger partial charge in [-0.3, -0.25) is 9.89 Å². The molecule has 2 rings (SSSR count). The van der Waals surface area contributed by atoms with Crippen LogP contribution in [0.15, 0.2) is 12.4 Å². The topological polar surface area (TPSA) is 69.8 Å². The fraction of sp³-hybridized carbons (Fsp3) is 0.556. The minimum atomic E-state index is 0.0820. The van der Waals surface area contributed by atoms with Crippen molar-refractivity contribution in [2.45, 2.75) is 12.8 Å². The molecule has 0 saturated carbocycles. The zero-order chi connectivity index (χ0) is 9.80. The molecule has 1 fully saturated rings. The normalized spacial score (nSPS) is 21.9. The molecule has 1 atom stereocenters. The number of nitrogens with one attached hydrogen (secondary N) is 3. The highest BCUT2D eigenvalue weighted by atomic mass is 16.1. The molecule has 1 aromatic heterocycles. The van der Waals surface area contributed by atoms with Gasteiger partial charge in [-0.15, -0.1) is 0 Å². The van der Waals surface area contributed by atoms with E-state index in [-0.39, 0.29) is 11.8 Å². The summed E-state index contributed by atoms with van der Waals surface area (Å²) in [7, 11) is 0. The first-order valence-corrected chi connectivity index (χ1v) is 4.86. The predicted octanol–water partition coefficient (Wildman–Crippen LogP) is 0.348. The summed E-state index contributed by atoms with van der Waals surface area (Å²) in [5.41, 5.74) is 0.737. The third-order valence-corrected chi connectivity index (χ3v) is 2.43. The molecule has 1 aliphatic heterocycles. The first-order chi connectivity index (χ1) is 6.86. The quantitative estimate of drug-likeness (QED) is 0.636.